The minimum Gasteiger partial charge on any atom is -0.388 e. The van der Waals surface area contributed by atoms with Crippen LogP contribution in [0, 0.1) is 18.3 Å². The lowest BCUT2D eigenvalue weighted by Gasteiger charge is -2.12. The summed E-state index contributed by atoms with van der Waals surface area (Å²) < 4.78 is 32.6. The number of rotatable bonds is 6. The first-order valence-electron chi connectivity index (χ1n) is 7.78. The normalized spacial score (nSPS) is 11.3. The van der Waals surface area contributed by atoms with Crippen LogP contribution in [-0.2, 0) is 10.1 Å². The molecule has 0 aliphatic rings. The summed E-state index contributed by atoms with van der Waals surface area (Å²) in [5.74, 6) is 0.742. The molecule has 0 aliphatic carbocycles. The Hall–Kier alpha value is -3.23. The van der Waals surface area contributed by atoms with E-state index in [0.717, 1.165) is 0 Å². The number of hydrogen-bond donors (Lipinski definition) is 4. The van der Waals surface area contributed by atoms with Gasteiger partial charge < -0.3 is 16.0 Å². The summed E-state index contributed by atoms with van der Waals surface area (Å²) in [7, 11) is 0.452. The van der Waals surface area contributed by atoms with Crippen molar-refractivity contribution in [1.82, 2.24) is 4.98 Å². The first-order chi connectivity index (χ1) is 12.8. The minimum atomic E-state index is -4.49. The van der Waals surface area contributed by atoms with Gasteiger partial charge in [-0.15, -0.1) is 10.2 Å². The predicted molar refractivity (Wildman–Crippen MR) is 103 cm³/mol. The summed E-state index contributed by atoms with van der Waals surface area (Å²) in [4.78, 5) is 3.90. The molecule has 142 valence electrons. The van der Waals surface area contributed by atoms with Crippen LogP contribution in [0.25, 0.3) is 0 Å². The van der Waals surface area contributed by atoms with E-state index in [9.17, 15) is 18.2 Å². The standard InChI is InChI=1S/C16H19N7O3S/c1-9-11(8-17)15(19-3)21-16(20-4)14(9)23-22-12-7-10(18-2)5-6-13(12)27(24,25)26/h5-7,18H,1-4H3,(H2,19,20,21)(H,24,25,26). The number of hydrogen-bond acceptors (Lipinski definition) is 9. The van der Waals surface area contributed by atoms with Crippen LogP contribution >= 0.6 is 0 Å². The third-order valence-corrected chi connectivity index (χ3v) is 4.68. The van der Waals surface area contributed by atoms with E-state index in [4.69, 9.17) is 0 Å². The maximum atomic E-state index is 11.6. The van der Waals surface area contributed by atoms with Gasteiger partial charge in [0, 0.05) is 32.4 Å². The van der Waals surface area contributed by atoms with Gasteiger partial charge >= 0.3 is 0 Å². The number of aromatic nitrogens is 1. The quantitative estimate of drug-likeness (QED) is 0.434. The van der Waals surface area contributed by atoms with E-state index < -0.39 is 10.1 Å². The molecule has 1 heterocycles. The van der Waals surface area contributed by atoms with Gasteiger partial charge in [0.2, 0.25) is 0 Å². The van der Waals surface area contributed by atoms with Crippen molar-refractivity contribution in [3.8, 4) is 6.07 Å². The van der Waals surface area contributed by atoms with E-state index in [1.54, 1.807) is 28.1 Å². The molecule has 0 bridgehead atoms. The highest BCUT2D eigenvalue weighted by Crippen LogP contribution is 2.35. The van der Waals surface area contributed by atoms with Crippen molar-refractivity contribution < 1.29 is 13.0 Å². The molecule has 0 unspecified atom stereocenters. The van der Waals surface area contributed by atoms with E-state index >= 15 is 0 Å². The molecule has 2 rings (SSSR count). The highest BCUT2D eigenvalue weighted by Gasteiger charge is 2.18. The molecular formula is C16H19N7O3S. The maximum Gasteiger partial charge on any atom is 0.296 e. The lowest BCUT2D eigenvalue weighted by molar-refractivity contribution is 0.483. The summed E-state index contributed by atoms with van der Waals surface area (Å²) in [6, 6.07) is 6.21. The van der Waals surface area contributed by atoms with Gasteiger partial charge in [-0.05, 0) is 25.1 Å². The second-order valence-electron chi connectivity index (χ2n) is 5.38. The number of anilines is 3. The molecule has 0 saturated heterocycles. The average Bonchev–Trinajstić information content (AvgIpc) is 2.65. The first-order valence-corrected chi connectivity index (χ1v) is 9.22. The SMILES string of the molecule is CNc1ccc(S(=O)(=O)O)c(N=Nc2c(NC)nc(NC)c(C#N)c2C)c1. The Kier molecular flexibility index (Phi) is 5.94. The zero-order valence-electron chi connectivity index (χ0n) is 15.2. The maximum absolute atomic E-state index is 11.6. The van der Waals surface area contributed by atoms with Crippen LogP contribution in [0.1, 0.15) is 11.1 Å². The number of benzene rings is 1. The van der Waals surface area contributed by atoms with Gasteiger partial charge in [0.25, 0.3) is 10.1 Å². The Morgan fingerprint density at radius 3 is 2.30 bits per heavy atom. The Morgan fingerprint density at radius 2 is 1.78 bits per heavy atom. The van der Waals surface area contributed by atoms with Gasteiger partial charge in [0.15, 0.2) is 5.82 Å². The molecule has 0 amide bonds. The third-order valence-electron chi connectivity index (χ3n) is 3.78. The molecule has 2 aromatic rings. The largest absolute Gasteiger partial charge is 0.388 e. The van der Waals surface area contributed by atoms with Crippen molar-refractivity contribution in [2.45, 2.75) is 11.8 Å². The molecule has 0 spiro atoms. The lowest BCUT2D eigenvalue weighted by Crippen LogP contribution is -2.03. The van der Waals surface area contributed by atoms with E-state index in [0.29, 0.717) is 28.5 Å². The molecule has 27 heavy (non-hydrogen) atoms. The topological polar surface area (TPSA) is 152 Å². The van der Waals surface area contributed by atoms with Gasteiger partial charge in [-0.3, -0.25) is 4.55 Å². The molecule has 11 heteroatoms. The van der Waals surface area contributed by atoms with Crippen LogP contribution in [0.4, 0.5) is 28.7 Å². The monoisotopic (exact) mass is 389 g/mol. The van der Waals surface area contributed by atoms with Crippen molar-refractivity contribution in [3.63, 3.8) is 0 Å². The summed E-state index contributed by atoms with van der Waals surface area (Å²) >= 11 is 0. The van der Waals surface area contributed by atoms with Crippen molar-refractivity contribution in [2.24, 2.45) is 10.2 Å². The Bertz CT molecular complexity index is 1040. The second-order valence-corrected chi connectivity index (χ2v) is 6.77. The van der Waals surface area contributed by atoms with Gasteiger partial charge in [-0.25, -0.2) is 4.98 Å². The van der Waals surface area contributed by atoms with Crippen molar-refractivity contribution >= 4 is 38.8 Å². The Balaban J connectivity index is 2.67. The molecule has 1 aromatic heterocycles. The summed E-state index contributed by atoms with van der Waals surface area (Å²) in [5.41, 5.74) is 1.63. The third kappa shape index (κ3) is 4.13. The molecule has 0 aliphatic heterocycles. The summed E-state index contributed by atoms with van der Waals surface area (Å²) in [6.07, 6.45) is 0. The fourth-order valence-corrected chi connectivity index (χ4v) is 2.99. The second kappa shape index (κ2) is 7.98. The van der Waals surface area contributed by atoms with Crippen molar-refractivity contribution in [2.75, 3.05) is 37.1 Å². The van der Waals surface area contributed by atoms with Gasteiger partial charge in [-0.1, -0.05) is 0 Å². The van der Waals surface area contributed by atoms with Crippen LogP contribution in [-0.4, -0.2) is 39.1 Å². The zero-order valence-corrected chi connectivity index (χ0v) is 16.0. The zero-order chi connectivity index (χ0) is 20.2. The summed E-state index contributed by atoms with van der Waals surface area (Å²) in [5, 5.41) is 26.0. The van der Waals surface area contributed by atoms with Crippen LogP contribution in [0.15, 0.2) is 33.3 Å². The molecule has 0 atom stereocenters. The Morgan fingerprint density at radius 1 is 1.11 bits per heavy atom. The molecular weight excluding hydrogens is 370 g/mol. The highest BCUT2D eigenvalue weighted by atomic mass is 32.2. The van der Waals surface area contributed by atoms with Gasteiger partial charge in [-0.2, -0.15) is 13.7 Å². The van der Waals surface area contributed by atoms with E-state index in [2.05, 4.69) is 37.2 Å². The molecule has 0 radical (unpaired) electrons. The van der Waals surface area contributed by atoms with Crippen LogP contribution in [0.5, 0.6) is 0 Å². The fourth-order valence-electron chi connectivity index (χ4n) is 2.38. The predicted octanol–water partition coefficient (Wildman–Crippen LogP) is 3.05. The number of nitrogens with zero attached hydrogens (tertiary/aromatic N) is 4. The van der Waals surface area contributed by atoms with Crippen molar-refractivity contribution in [3.05, 3.63) is 29.3 Å². The number of pyridine rings is 1. The highest BCUT2D eigenvalue weighted by molar-refractivity contribution is 7.86. The van der Waals surface area contributed by atoms with E-state index in [1.165, 1.54) is 18.2 Å². The van der Waals surface area contributed by atoms with Gasteiger partial charge in [0.05, 0.1) is 5.56 Å². The van der Waals surface area contributed by atoms with E-state index in [1.807, 2.05) is 0 Å². The number of nitriles is 1. The van der Waals surface area contributed by atoms with Crippen LogP contribution in [0.3, 0.4) is 0 Å². The Labute approximate surface area is 157 Å². The molecule has 1 aromatic carbocycles. The first kappa shape index (κ1) is 20.1. The van der Waals surface area contributed by atoms with Crippen LogP contribution < -0.4 is 16.0 Å². The van der Waals surface area contributed by atoms with E-state index in [-0.39, 0.29) is 16.3 Å². The number of nitrogens with one attached hydrogen (secondary N) is 3. The molecule has 0 fully saturated rings. The molecule has 0 saturated carbocycles. The summed E-state index contributed by atoms with van der Waals surface area (Å²) in [6.45, 7) is 1.68. The van der Waals surface area contributed by atoms with Gasteiger partial charge in [0.1, 0.15) is 28.2 Å². The lowest BCUT2D eigenvalue weighted by atomic mass is 10.1. The molecule has 4 N–H and O–H groups in total. The fraction of sp³-hybridized carbons (Fsp3) is 0.250. The smallest absolute Gasteiger partial charge is 0.296 e. The average molecular weight is 389 g/mol. The van der Waals surface area contributed by atoms with Crippen LogP contribution in [0.2, 0.25) is 0 Å². The minimum absolute atomic E-state index is 0.0537. The number of azo groups is 1. The van der Waals surface area contributed by atoms with Crippen molar-refractivity contribution in [1.29, 1.82) is 5.26 Å². The molecule has 10 nitrogen and oxygen atoms in total.